The molecule has 0 radical (unpaired) electrons. The molecule has 1 aromatic rings. The van der Waals surface area contributed by atoms with Crippen molar-refractivity contribution in [2.24, 2.45) is 0 Å². The Morgan fingerprint density at radius 3 is 3.10 bits per heavy atom. The van der Waals surface area contributed by atoms with Crippen molar-refractivity contribution >= 4 is 23.3 Å². The summed E-state index contributed by atoms with van der Waals surface area (Å²) < 4.78 is 5.35. The van der Waals surface area contributed by atoms with E-state index in [2.05, 4.69) is 10.3 Å². The molecule has 1 aromatic heterocycles. The van der Waals surface area contributed by atoms with Crippen LogP contribution < -0.4 is 5.32 Å². The fourth-order valence-corrected chi connectivity index (χ4v) is 2.71. The molecule has 0 spiro atoms. The lowest BCUT2D eigenvalue weighted by atomic mass is 10.2. The number of urea groups is 1. The van der Waals surface area contributed by atoms with Crippen LogP contribution in [0.3, 0.4) is 0 Å². The number of aromatic nitrogens is 1. The minimum absolute atomic E-state index is 0.0112. The molecule has 1 atom stereocenters. The summed E-state index contributed by atoms with van der Waals surface area (Å²) >= 11 is 1.22. The van der Waals surface area contributed by atoms with E-state index in [4.69, 9.17) is 9.84 Å². The summed E-state index contributed by atoms with van der Waals surface area (Å²) in [6.07, 6.45) is 0.841. The van der Waals surface area contributed by atoms with E-state index in [0.29, 0.717) is 24.8 Å². The van der Waals surface area contributed by atoms with E-state index >= 15 is 0 Å². The lowest BCUT2D eigenvalue weighted by molar-refractivity contribution is 0.0112. The molecule has 0 aromatic carbocycles. The van der Waals surface area contributed by atoms with E-state index in [-0.39, 0.29) is 24.3 Å². The monoisotopic (exact) mass is 299 g/mol. The Bertz CT molecular complexity index is 491. The van der Waals surface area contributed by atoms with Crippen molar-refractivity contribution in [2.45, 2.75) is 25.9 Å². The Labute approximate surface area is 120 Å². The third kappa shape index (κ3) is 3.45. The Hall–Kier alpha value is -1.67. The fourth-order valence-electron chi connectivity index (χ4n) is 2.00. The van der Waals surface area contributed by atoms with Crippen molar-refractivity contribution in [1.29, 1.82) is 0 Å². The lowest BCUT2D eigenvalue weighted by Crippen LogP contribution is -2.52. The van der Waals surface area contributed by atoms with Crippen LogP contribution in [0.5, 0.6) is 0 Å². The van der Waals surface area contributed by atoms with Crippen LogP contribution in [0, 0.1) is 0 Å². The average Bonchev–Trinajstić information content (AvgIpc) is 2.94. The second-order valence-electron chi connectivity index (χ2n) is 4.42. The van der Waals surface area contributed by atoms with Crippen LogP contribution in [-0.4, -0.2) is 52.8 Å². The molecule has 110 valence electrons. The van der Waals surface area contributed by atoms with Gasteiger partial charge in [0.1, 0.15) is 5.01 Å². The number of amides is 2. The van der Waals surface area contributed by atoms with Crippen LogP contribution in [0.25, 0.3) is 0 Å². The van der Waals surface area contributed by atoms with Crippen molar-refractivity contribution in [3.8, 4) is 0 Å². The van der Waals surface area contributed by atoms with Crippen LogP contribution in [0.4, 0.5) is 4.79 Å². The number of nitrogens with one attached hydrogen (secondary N) is 1. The van der Waals surface area contributed by atoms with Crippen molar-refractivity contribution in [3.63, 3.8) is 0 Å². The van der Waals surface area contributed by atoms with Gasteiger partial charge in [-0.25, -0.2) is 14.6 Å². The first-order chi connectivity index (χ1) is 9.61. The Morgan fingerprint density at radius 2 is 2.45 bits per heavy atom. The van der Waals surface area contributed by atoms with Crippen LogP contribution in [0.15, 0.2) is 5.38 Å². The number of carbonyl (C=O) groups is 2. The number of rotatable bonds is 4. The number of hydrogen-bond donors (Lipinski definition) is 2. The number of carboxylic acid groups (broad SMARTS) is 1. The number of carboxylic acids is 1. The molecule has 2 N–H and O–H groups in total. The first kappa shape index (κ1) is 14.7. The maximum Gasteiger partial charge on any atom is 0.355 e. The molecule has 2 amide bonds. The van der Waals surface area contributed by atoms with Gasteiger partial charge in [0.15, 0.2) is 5.69 Å². The van der Waals surface area contributed by atoms with Crippen LogP contribution in [0.1, 0.15) is 28.8 Å². The van der Waals surface area contributed by atoms with E-state index in [1.54, 1.807) is 4.90 Å². The van der Waals surface area contributed by atoms with E-state index in [9.17, 15) is 9.59 Å². The van der Waals surface area contributed by atoms with Crippen molar-refractivity contribution in [3.05, 3.63) is 16.1 Å². The van der Waals surface area contributed by atoms with Gasteiger partial charge in [0, 0.05) is 11.9 Å². The second-order valence-corrected chi connectivity index (χ2v) is 5.36. The highest BCUT2D eigenvalue weighted by atomic mass is 32.1. The van der Waals surface area contributed by atoms with Crippen molar-refractivity contribution in [2.75, 3.05) is 19.8 Å². The zero-order valence-corrected chi connectivity index (χ0v) is 12.0. The number of nitrogens with zero attached hydrogens (tertiary/aromatic N) is 2. The summed E-state index contributed by atoms with van der Waals surface area (Å²) in [5, 5.41) is 13.6. The highest BCUT2D eigenvalue weighted by Gasteiger charge is 2.25. The minimum Gasteiger partial charge on any atom is -0.476 e. The predicted octanol–water partition coefficient (Wildman–Crippen LogP) is 1.16. The molecule has 20 heavy (non-hydrogen) atoms. The van der Waals surface area contributed by atoms with Crippen LogP contribution in [0.2, 0.25) is 0 Å². The quantitative estimate of drug-likeness (QED) is 0.870. The molecule has 7 nitrogen and oxygen atoms in total. The van der Waals surface area contributed by atoms with Gasteiger partial charge >= 0.3 is 12.0 Å². The van der Waals surface area contributed by atoms with Crippen molar-refractivity contribution in [1.82, 2.24) is 15.2 Å². The molecule has 0 aliphatic carbocycles. The predicted molar refractivity (Wildman–Crippen MR) is 72.9 cm³/mol. The van der Waals surface area contributed by atoms with Gasteiger partial charge in [-0.2, -0.15) is 0 Å². The highest BCUT2D eigenvalue weighted by Crippen LogP contribution is 2.12. The highest BCUT2D eigenvalue weighted by molar-refractivity contribution is 7.09. The van der Waals surface area contributed by atoms with Gasteiger partial charge in [0.25, 0.3) is 0 Å². The van der Waals surface area contributed by atoms with E-state index in [1.807, 2.05) is 6.92 Å². The number of aromatic carboxylic acids is 1. The molecule has 0 saturated carbocycles. The van der Waals surface area contributed by atoms with Gasteiger partial charge in [-0.1, -0.05) is 6.92 Å². The summed E-state index contributed by atoms with van der Waals surface area (Å²) in [6.45, 7) is 3.93. The largest absolute Gasteiger partial charge is 0.476 e. The molecule has 2 heterocycles. The van der Waals surface area contributed by atoms with Crippen LogP contribution in [-0.2, 0) is 11.3 Å². The first-order valence-electron chi connectivity index (χ1n) is 6.41. The van der Waals surface area contributed by atoms with Gasteiger partial charge in [0.05, 0.1) is 25.8 Å². The summed E-state index contributed by atoms with van der Waals surface area (Å²) in [7, 11) is 0. The number of hydrogen-bond acceptors (Lipinski definition) is 5. The molecule has 1 fully saturated rings. The summed E-state index contributed by atoms with van der Waals surface area (Å²) in [5.41, 5.74) is 0.0112. The smallest absolute Gasteiger partial charge is 0.355 e. The van der Waals surface area contributed by atoms with Gasteiger partial charge in [-0.3, -0.25) is 0 Å². The standard InChI is InChI=1S/C12H17N3O4S/c1-2-8-6-19-4-3-15(8)12(18)13-5-10-14-9(7-20-10)11(16)17/h7-8H,2-6H2,1H3,(H,13,18)(H,16,17). The SMILES string of the molecule is CCC1COCCN1C(=O)NCc1nc(C(=O)O)cs1. The normalized spacial score (nSPS) is 18.9. The first-order valence-corrected chi connectivity index (χ1v) is 7.29. The van der Waals surface area contributed by atoms with Crippen LogP contribution >= 0.6 is 11.3 Å². The summed E-state index contributed by atoms with van der Waals surface area (Å²) in [6, 6.07) is -0.0677. The van der Waals surface area contributed by atoms with E-state index in [0.717, 1.165) is 6.42 Å². The number of ether oxygens (including phenoxy) is 1. The fraction of sp³-hybridized carbons (Fsp3) is 0.583. The number of carbonyl (C=O) groups excluding carboxylic acids is 1. The Balaban J connectivity index is 1.88. The Morgan fingerprint density at radius 1 is 1.65 bits per heavy atom. The maximum absolute atomic E-state index is 12.1. The molecular weight excluding hydrogens is 282 g/mol. The molecule has 1 saturated heterocycles. The third-order valence-corrected chi connectivity index (χ3v) is 3.97. The molecule has 1 aliphatic heterocycles. The summed E-state index contributed by atoms with van der Waals surface area (Å²) in [5.74, 6) is -1.06. The summed E-state index contributed by atoms with van der Waals surface area (Å²) in [4.78, 5) is 28.5. The van der Waals surface area contributed by atoms with Crippen molar-refractivity contribution < 1.29 is 19.4 Å². The molecule has 1 aliphatic rings. The molecule has 0 bridgehead atoms. The van der Waals surface area contributed by atoms with Gasteiger partial charge < -0.3 is 20.1 Å². The zero-order valence-electron chi connectivity index (χ0n) is 11.2. The maximum atomic E-state index is 12.1. The van der Waals surface area contributed by atoms with Gasteiger partial charge in [0.2, 0.25) is 0 Å². The van der Waals surface area contributed by atoms with Gasteiger partial charge in [-0.05, 0) is 6.42 Å². The number of thiazole rings is 1. The van der Waals surface area contributed by atoms with E-state index in [1.165, 1.54) is 16.7 Å². The molecular formula is C12H17N3O4S. The minimum atomic E-state index is -1.06. The molecule has 1 unspecified atom stereocenters. The van der Waals surface area contributed by atoms with E-state index < -0.39 is 5.97 Å². The second kappa shape index (κ2) is 6.67. The third-order valence-electron chi connectivity index (χ3n) is 3.12. The molecule has 8 heteroatoms. The number of morpholine rings is 1. The average molecular weight is 299 g/mol. The molecule has 2 rings (SSSR count). The zero-order chi connectivity index (χ0) is 14.5. The Kier molecular flexibility index (Phi) is 4.91. The lowest BCUT2D eigenvalue weighted by Gasteiger charge is -2.34. The topological polar surface area (TPSA) is 91.8 Å². The van der Waals surface area contributed by atoms with Gasteiger partial charge in [-0.15, -0.1) is 11.3 Å².